The predicted octanol–water partition coefficient (Wildman–Crippen LogP) is 4.18. The third-order valence-corrected chi connectivity index (χ3v) is 6.88. The van der Waals surface area contributed by atoms with Gasteiger partial charge in [-0.2, -0.15) is 0 Å². The van der Waals surface area contributed by atoms with Crippen LogP contribution in [0.5, 0.6) is 0 Å². The van der Waals surface area contributed by atoms with E-state index in [1.807, 2.05) is 17.2 Å². The molecule has 0 aromatic carbocycles. The molecule has 4 fully saturated rings. The van der Waals surface area contributed by atoms with Crippen molar-refractivity contribution in [2.45, 2.75) is 43.9 Å². The van der Waals surface area contributed by atoms with Gasteiger partial charge >= 0.3 is 0 Å². The topological polar surface area (TPSA) is 57.2 Å². The summed E-state index contributed by atoms with van der Waals surface area (Å²) in [5.41, 5.74) is 2.00. The fourth-order valence-electron chi connectivity index (χ4n) is 4.71. The Morgan fingerprint density at radius 2 is 1.70 bits per heavy atom. The normalized spacial score (nSPS) is 27.1. The Morgan fingerprint density at radius 3 is 2.37 bits per heavy atom. The van der Waals surface area contributed by atoms with Crippen molar-refractivity contribution in [2.24, 2.45) is 11.8 Å². The smallest absolute Gasteiger partial charge is 0.251 e. The molecule has 0 spiro atoms. The number of nitrogens with one attached hydrogen (secondary N) is 1. The highest BCUT2D eigenvalue weighted by molar-refractivity contribution is 5.66. The number of alkyl halides is 2. The number of halogens is 2. The third kappa shape index (κ3) is 3.68. The van der Waals surface area contributed by atoms with Crippen LogP contribution in [0.4, 0.5) is 31.9 Å². The molecule has 4 aliphatic rings. The van der Waals surface area contributed by atoms with Crippen molar-refractivity contribution in [3.8, 4) is 0 Å². The number of anilines is 4. The lowest BCUT2D eigenvalue weighted by atomic mass is 10.1. The molecule has 2 unspecified atom stereocenters. The Labute approximate surface area is 174 Å². The van der Waals surface area contributed by atoms with Crippen LogP contribution in [0.3, 0.4) is 0 Å². The second-order valence-corrected chi connectivity index (χ2v) is 9.30. The highest BCUT2D eigenvalue weighted by Gasteiger charge is 2.45. The Balaban J connectivity index is 1.26. The number of piperidine rings is 2. The van der Waals surface area contributed by atoms with Crippen molar-refractivity contribution in [1.82, 2.24) is 15.0 Å². The Hall–Kier alpha value is -2.51. The summed E-state index contributed by atoms with van der Waals surface area (Å²) in [6, 6.07) is 4.00. The van der Waals surface area contributed by atoms with Crippen molar-refractivity contribution < 1.29 is 8.78 Å². The zero-order valence-corrected chi connectivity index (χ0v) is 16.9. The molecule has 2 atom stereocenters. The van der Waals surface area contributed by atoms with E-state index in [0.717, 1.165) is 42.1 Å². The monoisotopic (exact) mass is 412 g/mol. The molecule has 8 heteroatoms. The first-order chi connectivity index (χ1) is 14.5. The Kier molecular flexibility index (Phi) is 4.11. The van der Waals surface area contributed by atoms with Crippen LogP contribution in [0.15, 0.2) is 24.5 Å². The van der Waals surface area contributed by atoms with Gasteiger partial charge in [-0.05, 0) is 31.1 Å². The van der Waals surface area contributed by atoms with Crippen LogP contribution in [0.1, 0.15) is 43.7 Å². The summed E-state index contributed by atoms with van der Waals surface area (Å²) in [5.74, 6) is 1.87. The second-order valence-electron chi connectivity index (χ2n) is 9.30. The molecule has 2 saturated carbocycles. The van der Waals surface area contributed by atoms with Crippen LogP contribution < -0.4 is 15.1 Å². The molecule has 0 bridgehead atoms. The number of aromatic nitrogens is 3. The lowest BCUT2D eigenvalue weighted by molar-refractivity contribution is -0.0220. The molecule has 2 aromatic rings. The van der Waals surface area contributed by atoms with E-state index >= 15 is 0 Å². The van der Waals surface area contributed by atoms with Crippen LogP contribution in [0.2, 0.25) is 0 Å². The standard InChI is InChI=1S/C22H26F2N6/c23-22(24)3-5-29(6-4-22)17-8-19(27-20-11-25-18(10-26-20)14-1-2-14)28-21(9-17)30-12-15-7-16(15)13-30/h8-11,14-16H,1-7,12-13H2,(H,26,27,28). The van der Waals surface area contributed by atoms with Gasteiger partial charge in [0.25, 0.3) is 5.92 Å². The zero-order valence-electron chi connectivity index (χ0n) is 16.9. The largest absolute Gasteiger partial charge is 0.371 e. The van der Waals surface area contributed by atoms with Crippen molar-refractivity contribution in [3.05, 3.63) is 30.2 Å². The van der Waals surface area contributed by atoms with E-state index in [1.54, 1.807) is 6.20 Å². The first-order valence-corrected chi connectivity index (χ1v) is 11.0. The summed E-state index contributed by atoms with van der Waals surface area (Å²) >= 11 is 0. The van der Waals surface area contributed by atoms with Gasteiger partial charge in [0.2, 0.25) is 0 Å². The van der Waals surface area contributed by atoms with Gasteiger partial charge in [-0.3, -0.25) is 4.98 Å². The van der Waals surface area contributed by atoms with Crippen molar-refractivity contribution in [1.29, 1.82) is 0 Å². The number of fused-ring (bicyclic) bond motifs is 1. The van der Waals surface area contributed by atoms with E-state index in [-0.39, 0.29) is 12.8 Å². The summed E-state index contributed by atoms with van der Waals surface area (Å²) in [4.78, 5) is 18.2. The number of hydrogen-bond acceptors (Lipinski definition) is 6. The fourth-order valence-corrected chi connectivity index (χ4v) is 4.71. The maximum absolute atomic E-state index is 13.7. The van der Waals surface area contributed by atoms with Crippen molar-refractivity contribution in [3.63, 3.8) is 0 Å². The van der Waals surface area contributed by atoms with Gasteiger partial charge in [0.15, 0.2) is 0 Å². The third-order valence-electron chi connectivity index (χ3n) is 6.88. The van der Waals surface area contributed by atoms with Gasteiger partial charge in [0.05, 0.1) is 18.1 Å². The average Bonchev–Trinajstić information content (AvgIpc) is 3.67. The summed E-state index contributed by atoms with van der Waals surface area (Å²) < 4.78 is 27.3. The van der Waals surface area contributed by atoms with E-state index in [0.29, 0.717) is 30.6 Å². The molecule has 2 aliphatic heterocycles. The van der Waals surface area contributed by atoms with Crippen LogP contribution in [-0.4, -0.2) is 47.1 Å². The molecule has 30 heavy (non-hydrogen) atoms. The highest BCUT2D eigenvalue weighted by atomic mass is 19.3. The van der Waals surface area contributed by atoms with Gasteiger partial charge in [-0.1, -0.05) is 0 Å². The minimum atomic E-state index is -2.55. The summed E-state index contributed by atoms with van der Waals surface area (Å²) in [5, 5.41) is 3.29. The Bertz CT molecular complexity index is 925. The molecular formula is C22H26F2N6. The van der Waals surface area contributed by atoms with Gasteiger partial charge in [-0.25, -0.2) is 18.7 Å². The minimum absolute atomic E-state index is 0.102. The number of hydrogen-bond donors (Lipinski definition) is 1. The highest BCUT2D eigenvalue weighted by Crippen LogP contribution is 2.46. The lowest BCUT2D eigenvalue weighted by Crippen LogP contribution is -2.39. The quantitative estimate of drug-likeness (QED) is 0.795. The molecule has 1 N–H and O–H groups in total. The molecule has 4 heterocycles. The van der Waals surface area contributed by atoms with E-state index in [1.165, 1.54) is 19.3 Å². The second kappa shape index (κ2) is 6.75. The molecule has 2 saturated heterocycles. The van der Waals surface area contributed by atoms with Gasteiger partial charge < -0.3 is 15.1 Å². The summed E-state index contributed by atoms with van der Waals surface area (Å²) in [6.45, 7) is 2.79. The minimum Gasteiger partial charge on any atom is -0.371 e. The number of rotatable bonds is 5. The first-order valence-electron chi connectivity index (χ1n) is 11.0. The van der Waals surface area contributed by atoms with Crippen LogP contribution in [-0.2, 0) is 0 Å². The van der Waals surface area contributed by atoms with Crippen molar-refractivity contribution in [2.75, 3.05) is 41.3 Å². The van der Waals surface area contributed by atoms with E-state index in [9.17, 15) is 8.78 Å². The number of nitrogens with zero attached hydrogens (tertiary/aromatic N) is 5. The maximum Gasteiger partial charge on any atom is 0.251 e. The van der Waals surface area contributed by atoms with Gasteiger partial charge in [0, 0.05) is 62.8 Å². The molecule has 6 rings (SSSR count). The summed E-state index contributed by atoms with van der Waals surface area (Å²) in [7, 11) is 0. The maximum atomic E-state index is 13.7. The van der Waals surface area contributed by atoms with Crippen LogP contribution >= 0.6 is 0 Å². The van der Waals surface area contributed by atoms with Gasteiger partial charge in [-0.15, -0.1) is 0 Å². The summed E-state index contributed by atoms with van der Waals surface area (Å²) in [6.07, 6.45) is 7.11. The Morgan fingerprint density at radius 1 is 0.933 bits per heavy atom. The number of pyridine rings is 1. The van der Waals surface area contributed by atoms with E-state index in [4.69, 9.17) is 4.98 Å². The van der Waals surface area contributed by atoms with E-state index < -0.39 is 5.92 Å². The lowest BCUT2D eigenvalue weighted by Gasteiger charge is -2.34. The van der Waals surface area contributed by atoms with Gasteiger partial charge in [0.1, 0.15) is 17.5 Å². The first kappa shape index (κ1) is 18.3. The SMILES string of the molecule is FC1(F)CCN(c2cc(Nc3cnc(C4CC4)cn3)nc(N3CC4CC4C3)c2)CC1. The zero-order chi connectivity index (χ0) is 20.3. The molecular weight excluding hydrogens is 386 g/mol. The molecule has 6 nitrogen and oxygen atoms in total. The molecule has 2 aliphatic carbocycles. The van der Waals surface area contributed by atoms with Crippen LogP contribution in [0, 0.1) is 11.8 Å². The molecule has 158 valence electrons. The molecule has 2 aromatic heterocycles. The average molecular weight is 412 g/mol. The predicted molar refractivity (Wildman–Crippen MR) is 112 cm³/mol. The molecule has 0 amide bonds. The fraction of sp³-hybridized carbons (Fsp3) is 0.591. The van der Waals surface area contributed by atoms with Crippen molar-refractivity contribution >= 4 is 23.1 Å². The molecule has 0 radical (unpaired) electrons. The van der Waals surface area contributed by atoms with Crippen LogP contribution in [0.25, 0.3) is 0 Å². The van der Waals surface area contributed by atoms with E-state index in [2.05, 4.69) is 26.3 Å².